The Kier molecular flexibility index (Phi) is 4.99. The second kappa shape index (κ2) is 7.74. The molecular formula is C21H18N4O2S. The Morgan fingerprint density at radius 1 is 1.18 bits per heavy atom. The number of fused-ring (bicyclic) bond motifs is 1. The third-order valence-electron chi connectivity index (χ3n) is 4.40. The van der Waals surface area contributed by atoms with Gasteiger partial charge in [-0.25, -0.2) is 14.8 Å². The Morgan fingerprint density at radius 3 is 2.75 bits per heavy atom. The molecule has 0 aliphatic heterocycles. The van der Waals surface area contributed by atoms with Crippen LogP contribution in [-0.4, -0.2) is 31.9 Å². The number of rotatable bonds is 6. The number of aromatic nitrogens is 3. The fraction of sp³-hybridized carbons (Fsp3) is 0.0952. The fourth-order valence-electron chi connectivity index (χ4n) is 3.07. The first-order valence-corrected chi connectivity index (χ1v) is 9.90. The molecule has 0 aliphatic carbocycles. The Balaban J connectivity index is 1.62. The molecule has 7 heteroatoms. The van der Waals surface area contributed by atoms with Gasteiger partial charge in [-0.15, -0.1) is 0 Å². The summed E-state index contributed by atoms with van der Waals surface area (Å²) in [4.78, 5) is 19.8. The minimum atomic E-state index is -1.09. The predicted molar refractivity (Wildman–Crippen MR) is 112 cm³/mol. The molecule has 140 valence electrons. The molecule has 2 N–H and O–H groups in total. The van der Waals surface area contributed by atoms with E-state index in [1.807, 2.05) is 42.7 Å². The van der Waals surface area contributed by atoms with Crippen LogP contribution >= 0.6 is 11.8 Å². The van der Waals surface area contributed by atoms with E-state index in [1.165, 1.54) is 23.5 Å². The first kappa shape index (κ1) is 18.1. The van der Waals surface area contributed by atoms with Gasteiger partial charge in [-0.3, -0.25) is 0 Å². The number of hydrogen-bond acceptors (Lipinski definition) is 5. The average molecular weight is 390 g/mol. The maximum atomic E-state index is 11.5. The molecule has 0 aliphatic rings. The summed E-state index contributed by atoms with van der Waals surface area (Å²) in [5.74, 6) is -1.09. The molecule has 4 aromatic rings. The standard InChI is InChI=1S/C21H18N4O2S/c1-28-21-22-12-17(19(24-21)20(26)27)23-16-7-8-18-15(11-16)9-10-25(18)13-14-5-3-2-4-6-14/h2-12,23H,13H2,1H3,(H,26,27). The van der Waals surface area contributed by atoms with Crippen LogP contribution in [0.5, 0.6) is 0 Å². The number of carbonyl (C=O) groups is 1. The lowest BCUT2D eigenvalue weighted by Gasteiger charge is -2.10. The Morgan fingerprint density at radius 2 is 2.00 bits per heavy atom. The molecule has 2 heterocycles. The van der Waals surface area contributed by atoms with Crippen molar-refractivity contribution in [3.63, 3.8) is 0 Å². The van der Waals surface area contributed by atoms with Crippen molar-refractivity contribution in [2.75, 3.05) is 11.6 Å². The Bertz CT molecular complexity index is 1140. The van der Waals surface area contributed by atoms with Gasteiger partial charge in [0, 0.05) is 29.3 Å². The van der Waals surface area contributed by atoms with E-state index >= 15 is 0 Å². The summed E-state index contributed by atoms with van der Waals surface area (Å²) in [6.07, 6.45) is 5.37. The molecular weight excluding hydrogens is 372 g/mol. The summed E-state index contributed by atoms with van der Waals surface area (Å²) in [6.45, 7) is 0.796. The summed E-state index contributed by atoms with van der Waals surface area (Å²) in [7, 11) is 0. The third kappa shape index (κ3) is 3.70. The van der Waals surface area contributed by atoms with Crippen LogP contribution in [0.1, 0.15) is 16.1 Å². The van der Waals surface area contributed by atoms with E-state index < -0.39 is 5.97 Å². The zero-order chi connectivity index (χ0) is 19.5. The highest BCUT2D eigenvalue weighted by molar-refractivity contribution is 7.98. The molecule has 0 saturated heterocycles. The van der Waals surface area contributed by atoms with E-state index in [0.717, 1.165) is 23.1 Å². The van der Waals surface area contributed by atoms with E-state index in [-0.39, 0.29) is 5.69 Å². The molecule has 2 aromatic heterocycles. The molecule has 0 radical (unpaired) electrons. The molecule has 4 rings (SSSR count). The summed E-state index contributed by atoms with van der Waals surface area (Å²) >= 11 is 1.30. The number of hydrogen-bond donors (Lipinski definition) is 2. The second-order valence-corrected chi connectivity index (χ2v) is 7.03. The quantitative estimate of drug-likeness (QED) is 0.369. The van der Waals surface area contributed by atoms with Gasteiger partial charge in [-0.1, -0.05) is 42.1 Å². The minimum absolute atomic E-state index is 0.0407. The van der Waals surface area contributed by atoms with E-state index in [4.69, 9.17) is 0 Å². The SMILES string of the molecule is CSc1ncc(Nc2ccc3c(ccn3Cc3ccccc3)c2)c(C(=O)O)n1. The lowest BCUT2D eigenvalue weighted by atomic mass is 10.2. The van der Waals surface area contributed by atoms with Crippen molar-refractivity contribution >= 4 is 40.0 Å². The van der Waals surface area contributed by atoms with Crippen molar-refractivity contribution in [2.45, 2.75) is 11.7 Å². The number of nitrogens with one attached hydrogen (secondary N) is 1. The van der Waals surface area contributed by atoms with E-state index in [9.17, 15) is 9.90 Å². The molecule has 2 aromatic carbocycles. The highest BCUT2D eigenvalue weighted by Crippen LogP contribution is 2.26. The summed E-state index contributed by atoms with van der Waals surface area (Å²) in [5.41, 5.74) is 3.46. The van der Waals surface area contributed by atoms with Crippen molar-refractivity contribution < 1.29 is 9.90 Å². The van der Waals surface area contributed by atoms with Crippen LogP contribution in [0.4, 0.5) is 11.4 Å². The van der Waals surface area contributed by atoms with Crippen molar-refractivity contribution in [1.82, 2.24) is 14.5 Å². The van der Waals surface area contributed by atoms with Crippen molar-refractivity contribution in [1.29, 1.82) is 0 Å². The number of anilines is 2. The largest absolute Gasteiger partial charge is 0.476 e. The number of benzene rings is 2. The van der Waals surface area contributed by atoms with Gasteiger partial charge in [0.05, 0.1) is 11.9 Å². The molecule has 0 spiro atoms. The predicted octanol–water partition coefficient (Wildman–Crippen LogP) is 4.64. The number of thioether (sulfide) groups is 1. The van der Waals surface area contributed by atoms with Gasteiger partial charge in [0.15, 0.2) is 10.9 Å². The molecule has 0 unspecified atom stereocenters. The van der Waals surface area contributed by atoms with Crippen LogP contribution < -0.4 is 5.32 Å². The van der Waals surface area contributed by atoms with Crippen LogP contribution in [-0.2, 0) is 6.54 Å². The second-order valence-electron chi connectivity index (χ2n) is 6.25. The first-order chi connectivity index (χ1) is 13.6. The molecule has 0 atom stereocenters. The van der Waals surface area contributed by atoms with Gasteiger partial charge in [0.2, 0.25) is 0 Å². The van der Waals surface area contributed by atoms with Crippen LogP contribution in [0, 0.1) is 0 Å². The lowest BCUT2D eigenvalue weighted by Crippen LogP contribution is -2.07. The maximum Gasteiger partial charge on any atom is 0.356 e. The smallest absolute Gasteiger partial charge is 0.356 e. The molecule has 0 bridgehead atoms. The molecule has 0 amide bonds. The highest BCUT2D eigenvalue weighted by atomic mass is 32.2. The van der Waals surface area contributed by atoms with Gasteiger partial charge in [-0.05, 0) is 36.1 Å². The zero-order valence-electron chi connectivity index (χ0n) is 15.2. The molecule has 0 saturated carbocycles. The van der Waals surface area contributed by atoms with Gasteiger partial charge >= 0.3 is 5.97 Å². The van der Waals surface area contributed by atoms with Crippen LogP contribution in [0.2, 0.25) is 0 Å². The van der Waals surface area contributed by atoms with Gasteiger partial charge in [0.25, 0.3) is 0 Å². The van der Waals surface area contributed by atoms with Gasteiger partial charge in [0.1, 0.15) is 0 Å². The highest BCUT2D eigenvalue weighted by Gasteiger charge is 2.14. The van der Waals surface area contributed by atoms with Crippen LogP contribution in [0.3, 0.4) is 0 Å². The number of nitrogens with zero attached hydrogens (tertiary/aromatic N) is 3. The molecule has 0 fully saturated rings. The minimum Gasteiger partial charge on any atom is -0.476 e. The van der Waals surface area contributed by atoms with E-state index in [2.05, 4.69) is 44.2 Å². The third-order valence-corrected chi connectivity index (χ3v) is 4.96. The number of aromatic carboxylic acids is 1. The normalized spacial score (nSPS) is 10.9. The molecule has 28 heavy (non-hydrogen) atoms. The lowest BCUT2D eigenvalue weighted by molar-refractivity contribution is 0.0690. The van der Waals surface area contributed by atoms with Crippen molar-refractivity contribution in [2.24, 2.45) is 0 Å². The van der Waals surface area contributed by atoms with Crippen LogP contribution in [0.15, 0.2) is 72.1 Å². The monoisotopic (exact) mass is 390 g/mol. The summed E-state index contributed by atoms with van der Waals surface area (Å²) in [5, 5.41) is 14.1. The fourth-order valence-corrected chi connectivity index (χ4v) is 3.41. The Hall–Kier alpha value is -3.32. The number of carboxylic acids is 1. The van der Waals surface area contributed by atoms with Crippen LogP contribution in [0.25, 0.3) is 10.9 Å². The number of carboxylic acid groups (broad SMARTS) is 1. The molecule has 6 nitrogen and oxygen atoms in total. The van der Waals surface area contributed by atoms with Gasteiger partial charge < -0.3 is 15.0 Å². The zero-order valence-corrected chi connectivity index (χ0v) is 16.0. The van der Waals surface area contributed by atoms with Crippen molar-refractivity contribution in [3.8, 4) is 0 Å². The first-order valence-electron chi connectivity index (χ1n) is 8.68. The van der Waals surface area contributed by atoms with E-state index in [0.29, 0.717) is 10.8 Å². The topological polar surface area (TPSA) is 80.0 Å². The average Bonchev–Trinajstić information content (AvgIpc) is 3.11. The summed E-state index contributed by atoms with van der Waals surface area (Å²) < 4.78 is 2.19. The Labute approximate surface area is 166 Å². The maximum absolute atomic E-state index is 11.5. The van der Waals surface area contributed by atoms with Crippen molar-refractivity contribution in [3.05, 3.63) is 78.2 Å². The summed E-state index contributed by atoms with van der Waals surface area (Å²) in [6, 6.07) is 18.3. The van der Waals surface area contributed by atoms with E-state index in [1.54, 1.807) is 0 Å². The van der Waals surface area contributed by atoms with Gasteiger partial charge in [-0.2, -0.15) is 0 Å².